The number of rotatable bonds is 7. The average molecular weight is 456 g/mol. The highest BCUT2D eigenvalue weighted by Gasteiger charge is 2.38. The van der Waals surface area contributed by atoms with Crippen molar-refractivity contribution in [2.45, 2.75) is 57.2 Å². The van der Waals surface area contributed by atoms with Crippen LogP contribution >= 0.6 is 11.8 Å². The van der Waals surface area contributed by atoms with Crippen molar-refractivity contribution in [1.29, 1.82) is 0 Å². The number of pyridine rings is 1. The quantitative estimate of drug-likeness (QED) is 0.643. The summed E-state index contributed by atoms with van der Waals surface area (Å²) in [6.07, 6.45) is 7.82. The first kappa shape index (κ1) is 22.6. The molecule has 1 aromatic carbocycles. The molecule has 32 heavy (non-hydrogen) atoms. The third kappa shape index (κ3) is 4.33. The Morgan fingerprint density at radius 2 is 2.00 bits per heavy atom. The minimum Gasteiger partial charge on any atom is -0.467 e. The van der Waals surface area contributed by atoms with Crippen molar-refractivity contribution in [3.8, 4) is 0 Å². The van der Waals surface area contributed by atoms with Crippen molar-refractivity contribution in [2.24, 2.45) is 0 Å². The summed E-state index contributed by atoms with van der Waals surface area (Å²) in [4.78, 5) is 45.6. The van der Waals surface area contributed by atoms with Crippen LogP contribution < -0.4 is 5.32 Å². The van der Waals surface area contributed by atoms with Crippen molar-refractivity contribution in [1.82, 2.24) is 15.2 Å². The second-order valence-electron chi connectivity index (χ2n) is 8.39. The molecule has 0 spiro atoms. The molecule has 1 N–H and O–H groups in total. The van der Waals surface area contributed by atoms with Gasteiger partial charge < -0.3 is 15.0 Å². The van der Waals surface area contributed by atoms with Gasteiger partial charge in [-0.15, -0.1) is 0 Å². The Hall–Kier alpha value is -2.61. The highest BCUT2D eigenvalue weighted by atomic mass is 32.2. The number of hydrogen-bond acceptors (Lipinski definition) is 6. The van der Waals surface area contributed by atoms with Gasteiger partial charge in [0, 0.05) is 23.5 Å². The second kappa shape index (κ2) is 9.90. The smallest absolute Gasteiger partial charge is 0.328 e. The number of fused-ring (bicyclic) bond motifs is 2. The first-order valence-corrected chi connectivity index (χ1v) is 12.5. The topological polar surface area (TPSA) is 88.6 Å². The van der Waals surface area contributed by atoms with Gasteiger partial charge in [-0.25, -0.2) is 9.78 Å². The maximum atomic E-state index is 13.5. The molecule has 2 aliphatic rings. The maximum Gasteiger partial charge on any atom is 0.328 e. The van der Waals surface area contributed by atoms with Crippen LogP contribution in [0.2, 0.25) is 0 Å². The summed E-state index contributed by atoms with van der Waals surface area (Å²) in [5.74, 6) is -0.223. The molecular weight excluding hydrogens is 426 g/mol. The van der Waals surface area contributed by atoms with Gasteiger partial charge in [0.1, 0.15) is 11.7 Å². The Labute approximate surface area is 192 Å². The third-order valence-electron chi connectivity index (χ3n) is 6.43. The Bertz CT molecular complexity index is 1040. The Morgan fingerprint density at radius 3 is 2.72 bits per heavy atom. The van der Waals surface area contributed by atoms with E-state index in [1.165, 1.54) is 13.5 Å². The molecule has 1 fully saturated rings. The molecule has 2 aromatic rings. The molecule has 1 aliphatic carbocycles. The van der Waals surface area contributed by atoms with E-state index in [0.29, 0.717) is 46.4 Å². The summed E-state index contributed by atoms with van der Waals surface area (Å²) >= 11 is 1.60. The molecule has 1 aliphatic heterocycles. The first-order valence-electron chi connectivity index (χ1n) is 11.1. The van der Waals surface area contributed by atoms with Crippen molar-refractivity contribution < 1.29 is 19.1 Å². The lowest BCUT2D eigenvalue weighted by Gasteiger charge is -2.30. The number of benzene rings is 1. The molecule has 0 saturated heterocycles. The molecule has 7 nitrogen and oxygen atoms in total. The molecule has 8 heteroatoms. The van der Waals surface area contributed by atoms with Crippen LogP contribution in [-0.2, 0) is 16.1 Å². The third-order valence-corrected chi connectivity index (χ3v) is 7.07. The fourth-order valence-electron chi connectivity index (χ4n) is 4.76. The van der Waals surface area contributed by atoms with Gasteiger partial charge in [0.15, 0.2) is 0 Å². The lowest BCUT2D eigenvalue weighted by molar-refractivity contribution is -0.142. The molecule has 1 saturated carbocycles. The van der Waals surface area contributed by atoms with Gasteiger partial charge in [-0.1, -0.05) is 37.5 Å². The number of hydrogen-bond donors (Lipinski definition) is 1. The molecule has 2 heterocycles. The number of carbonyl (C=O) groups is 3. The number of nitrogens with zero attached hydrogens (tertiary/aromatic N) is 2. The highest BCUT2D eigenvalue weighted by molar-refractivity contribution is 7.98. The molecule has 1 aromatic heterocycles. The molecule has 0 unspecified atom stereocenters. The van der Waals surface area contributed by atoms with E-state index in [0.717, 1.165) is 25.7 Å². The van der Waals surface area contributed by atoms with Crippen LogP contribution in [0.5, 0.6) is 0 Å². The zero-order valence-corrected chi connectivity index (χ0v) is 19.4. The lowest BCUT2D eigenvalue weighted by Crippen LogP contribution is -2.42. The summed E-state index contributed by atoms with van der Waals surface area (Å²) in [6.45, 7) is 0.382. The van der Waals surface area contributed by atoms with E-state index < -0.39 is 12.0 Å². The summed E-state index contributed by atoms with van der Waals surface area (Å²) < 4.78 is 4.90. The molecule has 2 amide bonds. The predicted octanol–water partition coefficient (Wildman–Crippen LogP) is 3.55. The van der Waals surface area contributed by atoms with E-state index in [9.17, 15) is 14.4 Å². The number of nitrogens with one attached hydrogen (secondary N) is 1. The van der Waals surface area contributed by atoms with Crippen LogP contribution in [0.25, 0.3) is 10.9 Å². The Balaban J connectivity index is 1.72. The van der Waals surface area contributed by atoms with Gasteiger partial charge >= 0.3 is 5.97 Å². The molecule has 4 rings (SSSR count). The second-order valence-corrected chi connectivity index (χ2v) is 9.37. The fraction of sp³-hybridized carbons (Fsp3) is 0.500. The zero-order valence-electron chi connectivity index (χ0n) is 18.6. The predicted molar refractivity (Wildman–Crippen MR) is 125 cm³/mol. The molecule has 170 valence electrons. The van der Waals surface area contributed by atoms with Gasteiger partial charge in [0.05, 0.1) is 18.2 Å². The summed E-state index contributed by atoms with van der Waals surface area (Å²) in [6, 6.07) is 6.81. The number of aromatic nitrogens is 1. The molecular formula is C24H29N3O4S. The SMILES string of the molecule is COC(=O)[C@@H](CCSC)NC(=O)c1c2c(nc3ccccc13)C(=O)N(C1CCCCC1)C2. The lowest BCUT2D eigenvalue weighted by atomic mass is 9.94. The number of methoxy groups -OCH3 is 1. The molecule has 1 atom stereocenters. The van der Waals surface area contributed by atoms with Crippen LogP contribution in [0.3, 0.4) is 0 Å². The Morgan fingerprint density at radius 1 is 1.25 bits per heavy atom. The van der Waals surface area contributed by atoms with Crippen molar-refractivity contribution in [3.63, 3.8) is 0 Å². The average Bonchev–Trinajstić information content (AvgIpc) is 3.15. The van der Waals surface area contributed by atoms with Crippen molar-refractivity contribution in [3.05, 3.63) is 41.1 Å². The van der Waals surface area contributed by atoms with E-state index in [2.05, 4.69) is 10.3 Å². The number of esters is 1. The fourth-order valence-corrected chi connectivity index (χ4v) is 5.24. The highest BCUT2D eigenvalue weighted by Crippen LogP contribution is 2.34. The van der Waals surface area contributed by atoms with Crippen LogP contribution in [0.4, 0.5) is 0 Å². The number of ether oxygens (including phenoxy) is 1. The zero-order chi connectivity index (χ0) is 22.7. The summed E-state index contributed by atoms with van der Waals surface area (Å²) in [5, 5.41) is 3.56. The van der Waals surface area contributed by atoms with Crippen LogP contribution in [0.15, 0.2) is 24.3 Å². The minimum absolute atomic E-state index is 0.0985. The van der Waals surface area contributed by atoms with Crippen LogP contribution in [-0.4, -0.2) is 58.9 Å². The molecule has 0 radical (unpaired) electrons. The van der Waals surface area contributed by atoms with E-state index in [4.69, 9.17) is 4.74 Å². The van der Waals surface area contributed by atoms with E-state index in [1.54, 1.807) is 11.8 Å². The summed E-state index contributed by atoms with van der Waals surface area (Å²) in [7, 11) is 1.32. The van der Waals surface area contributed by atoms with Gasteiger partial charge in [0.2, 0.25) is 0 Å². The van der Waals surface area contributed by atoms with Gasteiger partial charge in [-0.2, -0.15) is 11.8 Å². The van der Waals surface area contributed by atoms with Gasteiger partial charge in [-0.3, -0.25) is 9.59 Å². The number of amides is 2. The van der Waals surface area contributed by atoms with Crippen LogP contribution in [0.1, 0.15) is 64.9 Å². The minimum atomic E-state index is -0.742. The normalized spacial score (nSPS) is 17.3. The summed E-state index contributed by atoms with van der Waals surface area (Å²) in [5.41, 5.74) is 2.06. The maximum absolute atomic E-state index is 13.5. The van der Waals surface area contributed by atoms with E-state index in [1.807, 2.05) is 35.4 Å². The number of para-hydroxylation sites is 1. The van der Waals surface area contributed by atoms with Crippen molar-refractivity contribution in [2.75, 3.05) is 19.1 Å². The van der Waals surface area contributed by atoms with E-state index >= 15 is 0 Å². The van der Waals surface area contributed by atoms with Gasteiger partial charge in [-0.05, 0) is 37.3 Å². The monoisotopic (exact) mass is 455 g/mol. The largest absolute Gasteiger partial charge is 0.467 e. The number of carbonyl (C=O) groups excluding carboxylic acids is 3. The van der Waals surface area contributed by atoms with E-state index in [-0.39, 0.29) is 17.9 Å². The van der Waals surface area contributed by atoms with Gasteiger partial charge in [0.25, 0.3) is 11.8 Å². The first-order chi connectivity index (χ1) is 15.5. The number of thioether (sulfide) groups is 1. The Kier molecular flexibility index (Phi) is 6.98. The molecule has 0 bridgehead atoms. The van der Waals surface area contributed by atoms with Crippen molar-refractivity contribution >= 4 is 40.4 Å². The van der Waals surface area contributed by atoms with Crippen LogP contribution in [0, 0.1) is 0 Å². The standard InChI is InChI=1S/C24H29N3O4S/c1-31-24(30)19(12-13-32-2)26-22(28)20-16-10-6-7-11-18(16)25-21-17(20)14-27(23(21)29)15-8-4-3-5-9-15/h6-7,10-11,15,19H,3-5,8-9,12-14H2,1-2H3,(H,26,28)/t19-/m1/s1.